The lowest BCUT2D eigenvalue weighted by Crippen LogP contribution is -2.44. The molecule has 1 rings (SSSR count). The molecule has 1 aromatic heterocycles. The second-order valence-electron chi connectivity index (χ2n) is 5.37. The average Bonchev–Trinajstić information content (AvgIpc) is 2.62. The standard InChI is InChI=1S/C13H21NO6S/c1-8-10(12(16)19-5)11(9(2)20-8)21(17,18)14-13(3,4)6-7-15/h14-15H,6-7H2,1-5H3. The molecule has 0 spiro atoms. The van der Waals surface area contributed by atoms with Crippen molar-refractivity contribution in [2.45, 2.75) is 44.6 Å². The van der Waals surface area contributed by atoms with Gasteiger partial charge in [0, 0.05) is 12.1 Å². The van der Waals surface area contributed by atoms with Gasteiger partial charge in [-0.25, -0.2) is 17.9 Å². The van der Waals surface area contributed by atoms with Crippen molar-refractivity contribution < 1.29 is 27.5 Å². The highest BCUT2D eigenvalue weighted by Gasteiger charge is 2.34. The Bertz CT molecular complexity index is 629. The van der Waals surface area contributed by atoms with Crippen LogP contribution < -0.4 is 4.72 Å². The zero-order valence-electron chi connectivity index (χ0n) is 12.8. The normalized spacial score (nSPS) is 12.5. The van der Waals surface area contributed by atoms with E-state index in [1.165, 1.54) is 21.0 Å². The highest BCUT2D eigenvalue weighted by molar-refractivity contribution is 7.89. The molecule has 0 bridgehead atoms. The predicted octanol–water partition coefficient (Wildman–Crippen LogP) is 1.12. The lowest BCUT2D eigenvalue weighted by atomic mass is 10.0. The largest absolute Gasteiger partial charge is 0.465 e. The summed E-state index contributed by atoms with van der Waals surface area (Å²) in [6.45, 7) is 6.08. The fraction of sp³-hybridized carbons (Fsp3) is 0.615. The summed E-state index contributed by atoms with van der Waals surface area (Å²) in [5, 5.41) is 8.98. The number of hydrogen-bond acceptors (Lipinski definition) is 6. The Kier molecular flexibility index (Phi) is 5.19. The maximum atomic E-state index is 12.5. The van der Waals surface area contributed by atoms with Crippen LogP contribution in [0.1, 0.15) is 42.1 Å². The molecule has 0 aromatic carbocycles. The number of nitrogens with one attached hydrogen (secondary N) is 1. The Balaban J connectivity index is 3.36. The summed E-state index contributed by atoms with van der Waals surface area (Å²) in [5.41, 5.74) is -0.971. The van der Waals surface area contributed by atoms with Gasteiger partial charge in [0.15, 0.2) is 0 Å². The molecule has 0 saturated heterocycles. The lowest BCUT2D eigenvalue weighted by Gasteiger charge is -2.25. The zero-order chi connectivity index (χ0) is 16.4. The highest BCUT2D eigenvalue weighted by Crippen LogP contribution is 2.28. The van der Waals surface area contributed by atoms with E-state index in [4.69, 9.17) is 9.52 Å². The quantitative estimate of drug-likeness (QED) is 0.761. The van der Waals surface area contributed by atoms with Crippen molar-refractivity contribution in [1.29, 1.82) is 0 Å². The molecule has 21 heavy (non-hydrogen) atoms. The van der Waals surface area contributed by atoms with Crippen LogP contribution in [-0.4, -0.2) is 38.7 Å². The molecule has 1 heterocycles. The molecule has 8 heteroatoms. The maximum Gasteiger partial charge on any atom is 0.342 e. The molecule has 0 aliphatic heterocycles. The third kappa shape index (κ3) is 3.84. The first kappa shape index (κ1) is 17.7. The first-order valence-corrected chi connectivity index (χ1v) is 7.87. The number of aliphatic hydroxyl groups is 1. The SMILES string of the molecule is COC(=O)c1c(C)oc(C)c1S(=O)(=O)NC(C)(C)CCO. The number of hydrogen-bond donors (Lipinski definition) is 2. The Morgan fingerprint density at radius 1 is 1.33 bits per heavy atom. The summed E-state index contributed by atoms with van der Waals surface area (Å²) in [5.74, 6) is -0.482. The molecule has 0 amide bonds. The number of aryl methyl sites for hydroxylation is 2. The number of ether oxygens (including phenoxy) is 1. The Morgan fingerprint density at radius 3 is 2.38 bits per heavy atom. The van der Waals surface area contributed by atoms with Crippen LogP contribution in [0.3, 0.4) is 0 Å². The number of methoxy groups -OCH3 is 1. The second-order valence-corrected chi connectivity index (χ2v) is 6.99. The fourth-order valence-corrected chi connectivity index (χ4v) is 3.92. The summed E-state index contributed by atoms with van der Waals surface area (Å²) >= 11 is 0. The summed E-state index contributed by atoms with van der Waals surface area (Å²) in [7, 11) is -2.82. The van der Waals surface area contributed by atoms with Crippen molar-refractivity contribution in [3.63, 3.8) is 0 Å². The van der Waals surface area contributed by atoms with Gasteiger partial charge in [0.1, 0.15) is 22.0 Å². The van der Waals surface area contributed by atoms with Gasteiger partial charge in [-0.1, -0.05) is 0 Å². The van der Waals surface area contributed by atoms with Crippen molar-refractivity contribution in [3.8, 4) is 0 Å². The predicted molar refractivity (Wildman–Crippen MR) is 75.6 cm³/mol. The number of carbonyl (C=O) groups is 1. The van der Waals surface area contributed by atoms with E-state index in [9.17, 15) is 13.2 Å². The van der Waals surface area contributed by atoms with Crippen LogP contribution in [0.4, 0.5) is 0 Å². The number of aliphatic hydroxyl groups excluding tert-OH is 1. The van der Waals surface area contributed by atoms with E-state index in [1.54, 1.807) is 13.8 Å². The first-order chi connectivity index (χ1) is 9.55. The number of esters is 1. The molecular formula is C13H21NO6S. The van der Waals surface area contributed by atoms with Crippen LogP contribution in [0, 0.1) is 13.8 Å². The summed E-state index contributed by atoms with van der Waals surface area (Å²) in [6.07, 6.45) is 0.232. The number of carbonyl (C=O) groups excluding carboxylic acids is 1. The van der Waals surface area contributed by atoms with Crippen molar-refractivity contribution in [2.24, 2.45) is 0 Å². The molecule has 0 fully saturated rings. The van der Waals surface area contributed by atoms with E-state index in [0.29, 0.717) is 0 Å². The fourth-order valence-electron chi connectivity index (χ4n) is 2.07. The van der Waals surface area contributed by atoms with Crippen LogP contribution in [0.15, 0.2) is 9.31 Å². The monoisotopic (exact) mass is 319 g/mol. The number of sulfonamides is 1. The van der Waals surface area contributed by atoms with Gasteiger partial charge in [-0.15, -0.1) is 0 Å². The lowest BCUT2D eigenvalue weighted by molar-refractivity contribution is 0.0594. The molecule has 0 unspecified atom stereocenters. The van der Waals surface area contributed by atoms with Crippen LogP contribution in [-0.2, 0) is 14.8 Å². The topological polar surface area (TPSA) is 106 Å². The molecule has 0 atom stereocenters. The van der Waals surface area contributed by atoms with Crippen LogP contribution in [0.25, 0.3) is 0 Å². The molecule has 7 nitrogen and oxygen atoms in total. The van der Waals surface area contributed by atoms with Gasteiger partial charge in [0.05, 0.1) is 7.11 Å². The van der Waals surface area contributed by atoms with Crippen LogP contribution in [0.5, 0.6) is 0 Å². The van der Waals surface area contributed by atoms with E-state index in [0.717, 1.165) is 0 Å². The molecule has 2 N–H and O–H groups in total. The highest BCUT2D eigenvalue weighted by atomic mass is 32.2. The Labute approximate surface area is 124 Å². The van der Waals surface area contributed by atoms with Crippen molar-refractivity contribution >= 4 is 16.0 Å². The second kappa shape index (κ2) is 6.17. The maximum absolute atomic E-state index is 12.5. The zero-order valence-corrected chi connectivity index (χ0v) is 13.6. The number of furan rings is 1. The smallest absolute Gasteiger partial charge is 0.342 e. The van der Waals surface area contributed by atoms with Gasteiger partial charge in [0.25, 0.3) is 0 Å². The van der Waals surface area contributed by atoms with Crippen molar-refractivity contribution in [3.05, 3.63) is 17.1 Å². The minimum absolute atomic E-state index is 0.109. The van der Waals surface area contributed by atoms with Gasteiger partial charge in [0.2, 0.25) is 10.0 Å². The van der Waals surface area contributed by atoms with Gasteiger partial charge < -0.3 is 14.3 Å². The first-order valence-electron chi connectivity index (χ1n) is 6.39. The van der Waals surface area contributed by atoms with E-state index in [2.05, 4.69) is 9.46 Å². The van der Waals surface area contributed by atoms with Gasteiger partial charge in [-0.2, -0.15) is 0 Å². The molecule has 1 aromatic rings. The van der Waals surface area contributed by atoms with Crippen molar-refractivity contribution in [1.82, 2.24) is 4.72 Å². The van der Waals surface area contributed by atoms with Crippen molar-refractivity contribution in [2.75, 3.05) is 13.7 Å². The molecule has 0 aliphatic rings. The number of rotatable bonds is 6. The minimum atomic E-state index is -3.99. The Hall–Kier alpha value is -1.38. The van der Waals surface area contributed by atoms with Gasteiger partial charge in [-0.05, 0) is 34.1 Å². The molecule has 0 saturated carbocycles. The molecule has 120 valence electrons. The van der Waals surface area contributed by atoms with E-state index < -0.39 is 21.5 Å². The van der Waals surface area contributed by atoms with Gasteiger partial charge in [-0.3, -0.25) is 0 Å². The average molecular weight is 319 g/mol. The minimum Gasteiger partial charge on any atom is -0.465 e. The molecule has 0 aliphatic carbocycles. The third-order valence-corrected chi connectivity index (χ3v) is 4.86. The summed E-state index contributed by atoms with van der Waals surface area (Å²) in [4.78, 5) is 11.6. The van der Waals surface area contributed by atoms with E-state index >= 15 is 0 Å². The third-order valence-electron chi connectivity index (χ3n) is 3.01. The summed E-state index contributed by atoms with van der Waals surface area (Å²) in [6, 6.07) is 0. The van der Waals surface area contributed by atoms with Crippen LogP contribution in [0.2, 0.25) is 0 Å². The Morgan fingerprint density at radius 2 is 1.90 bits per heavy atom. The molecular weight excluding hydrogens is 298 g/mol. The molecule has 0 radical (unpaired) electrons. The van der Waals surface area contributed by atoms with Gasteiger partial charge >= 0.3 is 5.97 Å². The van der Waals surface area contributed by atoms with Crippen LogP contribution >= 0.6 is 0 Å². The van der Waals surface area contributed by atoms with E-state index in [-0.39, 0.29) is 35.0 Å². The van der Waals surface area contributed by atoms with E-state index in [1.807, 2.05) is 0 Å². The summed E-state index contributed by atoms with van der Waals surface area (Å²) < 4.78 is 37.4.